The van der Waals surface area contributed by atoms with E-state index in [-0.39, 0.29) is 5.57 Å². The number of hydrogen-bond donors (Lipinski definition) is 2. The first-order valence-electron chi connectivity index (χ1n) is 5.69. The lowest BCUT2D eigenvalue weighted by Crippen LogP contribution is -2.43. The summed E-state index contributed by atoms with van der Waals surface area (Å²) in [6.07, 6.45) is 5.79. The average molecular weight is 213 g/mol. The van der Waals surface area contributed by atoms with Gasteiger partial charge in [0.2, 0.25) is 0 Å². The van der Waals surface area contributed by atoms with Crippen LogP contribution >= 0.6 is 0 Å². The molecule has 0 saturated heterocycles. The third-order valence-corrected chi connectivity index (χ3v) is 2.97. The third-order valence-electron chi connectivity index (χ3n) is 2.97. The van der Waals surface area contributed by atoms with E-state index in [0.717, 1.165) is 12.8 Å². The Bertz CT molecular complexity index is 226. The zero-order valence-electron chi connectivity index (χ0n) is 9.88. The molecule has 0 aliphatic rings. The van der Waals surface area contributed by atoms with E-state index in [9.17, 15) is 4.79 Å². The maximum absolute atomic E-state index is 10.8. The molecule has 1 atom stereocenters. The lowest BCUT2D eigenvalue weighted by Gasteiger charge is -2.28. The highest BCUT2D eigenvalue weighted by atomic mass is 16.4. The van der Waals surface area contributed by atoms with Gasteiger partial charge in [-0.05, 0) is 12.8 Å². The number of rotatable bonds is 8. The number of carboxylic acid groups (broad SMARTS) is 1. The van der Waals surface area contributed by atoms with Crippen molar-refractivity contribution in [1.29, 1.82) is 0 Å². The van der Waals surface area contributed by atoms with Crippen LogP contribution in [0.3, 0.4) is 0 Å². The molecule has 15 heavy (non-hydrogen) atoms. The molecule has 1 unspecified atom stereocenters. The Labute approximate surface area is 92.4 Å². The Kier molecular flexibility index (Phi) is 6.25. The molecule has 0 aromatic carbocycles. The van der Waals surface area contributed by atoms with Crippen LogP contribution in [0.2, 0.25) is 0 Å². The molecule has 0 aromatic rings. The molecule has 0 amide bonds. The number of carboxylic acids is 1. The standard InChI is InChI=1S/C12H23NO2/c1-4-6-7-8-9-12(13,5-2)10(3)11(14)15/h3-9,13H2,1-2H3,(H,14,15). The van der Waals surface area contributed by atoms with Gasteiger partial charge in [0.15, 0.2) is 0 Å². The number of hydrogen-bond acceptors (Lipinski definition) is 2. The summed E-state index contributed by atoms with van der Waals surface area (Å²) >= 11 is 0. The molecule has 0 spiro atoms. The number of carbonyl (C=O) groups is 1. The van der Waals surface area contributed by atoms with Crippen molar-refractivity contribution in [3.8, 4) is 0 Å². The molecule has 3 heteroatoms. The number of aliphatic carboxylic acids is 1. The van der Waals surface area contributed by atoms with Crippen molar-refractivity contribution >= 4 is 5.97 Å². The molecule has 0 radical (unpaired) electrons. The normalized spacial score (nSPS) is 14.6. The van der Waals surface area contributed by atoms with Crippen LogP contribution in [0.1, 0.15) is 52.4 Å². The largest absolute Gasteiger partial charge is 0.478 e. The Morgan fingerprint density at radius 3 is 2.33 bits per heavy atom. The van der Waals surface area contributed by atoms with Crippen molar-refractivity contribution in [2.24, 2.45) is 5.73 Å². The highest BCUT2D eigenvalue weighted by molar-refractivity contribution is 5.88. The van der Waals surface area contributed by atoms with Gasteiger partial charge in [-0.25, -0.2) is 4.79 Å². The zero-order valence-corrected chi connectivity index (χ0v) is 9.88. The van der Waals surface area contributed by atoms with Crippen molar-refractivity contribution in [1.82, 2.24) is 0 Å². The van der Waals surface area contributed by atoms with E-state index in [0.29, 0.717) is 12.8 Å². The fraction of sp³-hybridized carbons (Fsp3) is 0.750. The van der Waals surface area contributed by atoms with Crippen LogP contribution in [-0.2, 0) is 4.79 Å². The Morgan fingerprint density at radius 2 is 1.93 bits per heavy atom. The van der Waals surface area contributed by atoms with Gasteiger partial charge in [0.05, 0.1) is 0 Å². The van der Waals surface area contributed by atoms with Crippen molar-refractivity contribution in [3.63, 3.8) is 0 Å². The maximum Gasteiger partial charge on any atom is 0.332 e. The molecule has 0 aliphatic carbocycles. The van der Waals surface area contributed by atoms with E-state index < -0.39 is 11.5 Å². The van der Waals surface area contributed by atoms with Gasteiger partial charge in [-0.1, -0.05) is 46.1 Å². The van der Waals surface area contributed by atoms with Crippen LogP contribution in [0.5, 0.6) is 0 Å². The van der Waals surface area contributed by atoms with E-state index in [1.165, 1.54) is 12.8 Å². The van der Waals surface area contributed by atoms with Gasteiger partial charge in [-0.3, -0.25) is 0 Å². The second kappa shape index (κ2) is 6.62. The molecule has 88 valence electrons. The van der Waals surface area contributed by atoms with Crippen LogP contribution in [0, 0.1) is 0 Å². The second-order valence-corrected chi connectivity index (χ2v) is 4.10. The summed E-state index contributed by atoms with van der Waals surface area (Å²) in [6.45, 7) is 7.63. The van der Waals surface area contributed by atoms with Gasteiger partial charge in [0.25, 0.3) is 0 Å². The zero-order chi connectivity index (χ0) is 11.9. The van der Waals surface area contributed by atoms with Gasteiger partial charge in [0, 0.05) is 11.1 Å². The molecular weight excluding hydrogens is 190 g/mol. The quantitative estimate of drug-likeness (QED) is 0.481. The summed E-state index contributed by atoms with van der Waals surface area (Å²) < 4.78 is 0. The molecule has 0 bridgehead atoms. The molecule has 0 rings (SSSR count). The summed E-state index contributed by atoms with van der Waals surface area (Å²) in [7, 11) is 0. The van der Waals surface area contributed by atoms with Crippen molar-refractivity contribution in [2.45, 2.75) is 57.9 Å². The van der Waals surface area contributed by atoms with Crippen molar-refractivity contribution in [3.05, 3.63) is 12.2 Å². The Hall–Kier alpha value is -0.830. The van der Waals surface area contributed by atoms with Crippen LogP contribution in [0.4, 0.5) is 0 Å². The molecule has 0 saturated carbocycles. The van der Waals surface area contributed by atoms with Crippen LogP contribution in [0.25, 0.3) is 0 Å². The van der Waals surface area contributed by atoms with Crippen LogP contribution in [-0.4, -0.2) is 16.6 Å². The van der Waals surface area contributed by atoms with E-state index in [4.69, 9.17) is 10.8 Å². The SMILES string of the molecule is C=C(C(=O)O)C(N)(CC)CCCCCC. The van der Waals surface area contributed by atoms with Crippen molar-refractivity contribution in [2.75, 3.05) is 0 Å². The van der Waals surface area contributed by atoms with Gasteiger partial charge in [0.1, 0.15) is 0 Å². The second-order valence-electron chi connectivity index (χ2n) is 4.10. The van der Waals surface area contributed by atoms with E-state index in [2.05, 4.69) is 13.5 Å². The minimum atomic E-state index is -0.977. The third kappa shape index (κ3) is 4.47. The molecule has 0 fully saturated rings. The fourth-order valence-corrected chi connectivity index (χ4v) is 1.62. The van der Waals surface area contributed by atoms with Gasteiger partial charge in [-0.15, -0.1) is 0 Å². The van der Waals surface area contributed by atoms with E-state index >= 15 is 0 Å². The van der Waals surface area contributed by atoms with Gasteiger partial charge in [-0.2, -0.15) is 0 Å². The molecule has 3 N–H and O–H groups in total. The maximum atomic E-state index is 10.8. The predicted molar refractivity (Wildman–Crippen MR) is 62.7 cm³/mol. The molecule has 0 heterocycles. The lowest BCUT2D eigenvalue weighted by molar-refractivity contribution is -0.133. The fourth-order valence-electron chi connectivity index (χ4n) is 1.62. The van der Waals surface area contributed by atoms with Crippen LogP contribution in [0.15, 0.2) is 12.2 Å². The molecular formula is C12H23NO2. The highest BCUT2D eigenvalue weighted by Crippen LogP contribution is 2.24. The first-order chi connectivity index (χ1) is 6.98. The van der Waals surface area contributed by atoms with Gasteiger partial charge >= 0.3 is 5.97 Å². The monoisotopic (exact) mass is 213 g/mol. The van der Waals surface area contributed by atoms with Crippen LogP contribution < -0.4 is 5.73 Å². The number of nitrogens with two attached hydrogens (primary N) is 1. The number of unbranched alkanes of at least 4 members (excludes halogenated alkanes) is 3. The van der Waals surface area contributed by atoms with Crippen molar-refractivity contribution < 1.29 is 9.90 Å². The summed E-state index contributed by atoms with van der Waals surface area (Å²) in [5.74, 6) is -0.977. The minimum Gasteiger partial charge on any atom is -0.478 e. The topological polar surface area (TPSA) is 63.3 Å². The summed E-state index contributed by atoms with van der Waals surface area (Å²) in [6, 6.07) is 0. The summed E-state index contributed by atoms with van der Waals surface area (Å²) in [4.78, 5) is 10.8. The highest BCUT2D eigenvalue weighted by Gasteiger charge is 2.29. The molecule has 3 nitrogen and oxygen atoms in total. The Morgan fingerprint density at radius 1 is 1.33 bits per heavy atom. The minimum absolute atomic E-state index is 0.140. The first-order valence-corrected chi connectivity index (χ1v) is 5.69. The molecule has 0 aliphatic heterocycles. The van der Waals surface area contributed by atoms with E-state index in [1.54, 1.807) is 0 Å². The summed E-state index contributed by atoms with van der Waals surface area (Å²) in [5.41, 5.74) is 5.46. The Balaban J connectivity index is 4.19. The molecule has 0 aromatic heterocycles. The smallest absolute Gasteiger partial charge is 0.332 e. The first kappa shape index (κ1) is 14.2. The van der Waals surface area contributed by atoms with E-state index in [1.807, 2.05) is 6.92 Å². The van der Waals surface area contributed by atoms with Gasteiger partial charge < -0.3 is 10.8 Å². The lowest BCUT2D eigenvalue weighted by atomic mass is 9.84. The summed E-state index contributed by atoms with van der Waals surface area (Å²) in [5, 5.41) is 8.87. The average Bonchev–Trinajstić information content (AvgIpc) is 2.23. The predicted octanol–water partition coefficient (Wildman–Crippen LogP) is 2.71.